The normalized spacial score (nSPS) is 10.5. The Labute approximate surface area is 125 Å². The number of fused-ring (bicyclic) bond motifs is 1. The Bertz CT molecular complexity index is 818. The molecule has 1 heterocycles. The van der Waals surface area contributed by atoms with Crippen LogP contribution in [-0.4, -0.2) is 11.8 Å². The van der Waals surface area contributed by atoms with Crippen LogP contribution in [0.2, 0.25) is 0 Å². The predicted octanol–water partition coefficient (Wildman–Crippen LogP) is 4.32. The number of thiophene rings is 1. The molecule has 0 aliphatic heterocycles. The first-order chi connectivity index (χ1) is 10.2. The third-order valence-corrected chi connectivity index (χ3v) is 4.12. The van der Waals surface area contributed by atoms with E-state index in [-0.39, 0.29) is 5.78 Å². The van der Waals surface area contributed by atoms with Crippen LogP contribution < -0.4 is 4.74 Å². The van der Waals surface area contributed by atoms with Crippen molar-refractivity contribution in [2.24, 2.45) is 0 Å². The van der Waals surface area contributed by atoms with Gasteiger partial charge in [-0.1, -0.05) is 18.2 Å². The number of benzene rings is 2. The van der Waals surface area contributed by atoms with E-state index in [4.69, 9.17) is 4.74 Å². The first-order valence-electron chi connectivity index (χ1n) is 6.45. The summed E-state index contributed by atoms with van der Waals surface area (Å²) >= 11 is 1.47. The Balaban J connectivity index is 1.99. The lowest BCUT2D eigenvalue weighted by Gasteiger charge is -2.07. The highest BCUT2D eigenvalue weighted by molar-refractivity contribution is 7.17. The molecule has 3 rings (SSSR count). The maximum Gasteiger partial charge on any atom is 0.343 e. The molecule has 0 aliphatic carbocycles. The molecule has 3 nitrogen and oxygen atoms in total. The Kier molecular flexibility index (Phi) is 3.54. The molecule has 0 unspecified atom stereocenters. The van der Waals surface area contributed by atoms with E-state index < -0.39 is 5.97 Å². The number of carbonyl (C=O) groups excluding carboxylic acids is 2. The molecular weight excluding hydrogens is 284 g/mol. The van der Waals surface area contributed by atoms with Crippen LogP contribution in [-0.2, 0) is 0 Å². The van der Waals surface area contributed by atoms with Crippen molar-refractivity contribution in [1.29, 1.82) is 0 Å². The summed E-state index contributed by atoms with van der Waals surface area (Å²) in [6.07, 6.45) is 0. The van der Waals surface area contributed by atoms with Crippen molar-refractivity contribution >= 4 is 33.2 Å². The molecule has 0 spiro atoms. The minimum Gasteiger partial charge on any atom is -0.422 e. The average molecular weight is 296 g/mol. The highest BCUT2D eigenvalue weighted by atomic mass is 32.1. The second-order valence-corrected chi connectivity index (χ2v) is 5.50. The number of carbonyl (C=O) groups is 2. The second kappa shape index (κ2) is 5.50. The molecule has 1 aromatic heterocycles. The third kappa shape index (κ3) is 2.58. The van der Waals surface area contributed by atoms with E-state index in [1.165, 1.54) is 18.3 Å². The van der Waals surface area contributed by atoms with Gasteiger partial charge in [-0.2, -0.15) is 0 Å². The number of hydrogen-bond acceptors (Lipinski definition) is 4. The maximum absolute atomic E-state index is 12.1. The highest BCUT2D eigenvalue weighted by Gasteiger charge is 2.14. The third-order valence-electron chi connectivity index (χ3n) is 3.17. The van der Waals surface area contributed by atoms with Crippen LogP contribution in [0.4, 0.5) is 0 Å². The second-order valence-electron chi connectivity index (χ2n) is 4.59. The van der Waals surface area contributed by atoms with Crippen LogP contribution in [0.3, 0.4) is 0 Å². The van der Waals surface area contributed by atoms with Crippen molar-refractivity contribution in [3.05, 3.63) is 65.0 Å². The zero-order valence-corrected chi connectivity index (χ0v) is 12.1. The summed E-state index contributed by atoms with van der Waals surface area (Å²) in [5.74, 6) is 0.0761. The predicted molar refractivity (Wildman–Crippen MR) is 83.2 cm³/mol. The van der Waals surface area contributed by atoms with Crippen molar-refractivity contribution in [1.82, 2.24) is 0 Å². The molecule has 104 valence electrons. The molecule has 0 amide bonds. The molecule has 0 aliphatic rings. The van der Waals surface area contributed by atoms with Crippen molar-refractivity contribution in [2.45, 2.75) is 6.92 Å². The van der Waals surface area contributed by atoms with Gasteiger partial charge in [-0.05, 0) is 42.6 Å². The van der Waals surface area contributed by atoms with Gasteiger partial charge in [0.25, 0.3) is 0 Å². The Hall–Kier alpha value is -2.46. The van der Waals surface area contributed by atoms with Gasteiger partial charge >= 0.3 is 5.97 Å². The lowest BCUT2D eigenvalue weighted by Crippen LogP contribution is -2.08. The van der Waals surface area contributed by atoms with Gasteiger partial charge in [-0.25, -0.2) is 4.79 Å². The summed E-state index contributed by atoms with van der Waals surface area (Å²) in [6.45, 7) is 1.53. The quantitative estimate of drug-likeness (QED) is 0.410. The molecule has 21 heavy (non-hydrogen) atoms. The number of hydrogen-bond donors (Lipinski definition) is 0. The van der Waals surface area contributed by atoms with Crippen LogP contribution in [0.1, 0.15) is 27.6 Å². The summed E-state index contributed by atoms with van der Waals surface area (Å²) in [7, 11) is 0. The summed E-state index contributed by atoms with van der Waals surface area (Å²) in [4.78, 5) is 23.7. The Morgan fingerprint density at radius 2 is 1.76 bits per heavy atom. The van der Waals surface area contributed by atoms with Gasteiger partial charge in [0.2, 0.25) is 0 Å². The molecule has 3 aromatic rings. The van der Waals surface area contributed by atoms with E-state index in [0.717, 1.165) is 10.1 Å². The van der Waals surface area contributed by atoms with E-state index in [9.17, 15) is 9.59 Å². The number of ether oxygens (including phenoxy) is 1. The molecule has 4 heteroatoms. The van der Waals surface area contributed by atoms with Crippen molar-refractivity contribution in [2.75, 3.05) is 0 Å². The molecule has 0 saturated carbocycles. The minimum atomic E-state index is -0.404. The van der Waals surface area contributed by atoms with Crippen LogP contribution in [0.5, 0.6) is 5.75 Å². The zero-order chi connectivity index (χ0) is 14.8. The summed E-state index contributed by atoms with van der Waals surface area (Å²) in [5, 5.41) is 2.67. The maximum atomic E-state index is 12.1. The van der Waals surface area contributed by atoms with E-state index in [0.29, 0.717) is 16.9 Å². The summed E-state index contributed by atoms with van der Waals surface area (Å²) < 4.78 is 6.31. The molecule has 0 bridgehead atoms. The minimum absolute atomic E-state index is 0.00314. The Morgan fingerprint density at radius 3 is 2.48 bits per heavy atom. The summed E-state index contributed by atoms with van der Waals surface area (Å²) in [5.41, 5.74) is 1.15. The van der Waals surface area contributed by atoms with Gasteiger partial charge < -0.3 is 4.74 Å². The standard InChI is InChI=1S/C17H12O3S/c1-11(18)13-7-8-15(14-9-10-21-16(13)14)20-17(19)12-5-3-2-4-6-12/h2-10H,1H3. The molecule has 0 atom stereocenters. The number of esters is 1. The smallest absolute Gasteiger partial charge is 0.343 e. The number of rotatable bonds is 3. The van der Waals surface area contributed by atoms with Crippen molar-refractivity contribution in [3.8, 4) is 5.75 Å². The molecule has 2 aromatic carbocycles. The molecule has 0 saturated heterocycles. The molecule has 0 radical (unpaired) electrons. The van der Waals surface area contributed by atoms with E-state index in [1.807, 2.05) is 17.5 Å². The van der Waals surface area contributed by atoms with Crippen LogP contribution >= 0.6 is 11.3 Å². The lowest BCUT2D eigenvalue weighted by molar-refractivity contribution is 0.0737. The fraction of sp³-hybridized carbons (Fsp3) is 0.0588. The van der Waals surface area contributed by atoms with Gasteiger partial charge in [-0.3, -0.25) is 4.79 Å². The van der Waals surface area contributed by atoms with Crippen molar-refractivity contribution in [3.63, 3.8) is 0 Å². The highest BCUT2D eigenvalue weighted by Crippen LogP contribution is 2.33. The van der Waals surface area contributed by atoms with Gasteiger partial charge in [-0.15, -0.1) is 11.3 Å². The first kappa shape index (κ1) is 13.5. The average Bonchev–Trinajstić information content (AvgIpc) is 2.98. The van der Waals surface area contributed by atoms with Gasteiger partial charge in [0, 0.05) is 15.6 Å². The van der Waals surface area contributed by atoms with Crippen LogP contribution in [0.15, 0.2) is 53.9 Å². The molecule has 0 N–H and O–H groups in total. The Morgan fingerprint density at radius 1 is 1.00 bits per heavy atom. The van der Waals surface area contributed by atoms with Crippen LogP contribution in [0.25, 0.3) is 10.1 Å². The topological polar surface area (TPSA) is 43.4 Å². The van der Waals surface area contributed by atoms with Gasteiger partial charge in [0.15, 0.2) is 5.78 Å². The molecular formula is C17H12O3S. The largest absolute Gasteiger partial charge is 0.422 e. The SMILES string of the molecule is CC(=O)c1ccc(OC(=O)c2ccccc2)c2ccsc12. The van der Waals surface area contributed by atoms with Crippen molar-refractivity contribution < 1.29 is 14.3 Å². The first-order valence-corrected chi connectivity index (χ1v) is 7.33. The van der Waals surface area contributed by atoms with Crippen LogP contribution in [0, 0.1) is 0 Å². The van der Waals surface area contributed by atoms with Gasteiger partial charge in [0.1, 0.15) is 5.75 Å². The summed E-state index contributed by atoms with van der Waals surface area (Å²) in [6, 6.07) is 14.1. The van der Waals surface area contributed by atoms with E-state index >= 15 is 0 Å². The van der Waals surface area contributed by atoms with E-state index in [2.05, 4.69) is 0 Å². The fourth-order valence-electron chi connectivity index (χ4n) is 2.14. The fourth-order valence-corrected chi connectivity index (χ4v) is 3.11. The zero-order valence-electron chi connectivity index (χ0n) is 11.3. The number of ketones is 1. The van der Waals surface area contributed by atoms with Gasteiger partial charge in [0.05, 0.1) is 5.56 Å². The van der Waals surface area contributed by atoms with E-state index in [1.54, 1.807) is 36.4 Å². The lowest BCUT2D eigenvalue weighted by atomic mass is 10.1. The monoisotopic (exact) mass is 296 g/mol. The molecule has 0 fully saturated rings. The number of Topliss-reactive ketones (excluding diaryl/α,β-unsaturated/α-hetero) is 1.